The standard InChI is InChI=1S/C20H25F3N2/c1-3-25(4-2)14-6-5-7-16-8-13-19(24-15-16)17-9-11-18(12-10-17)20(21,22)23/h8-13,15H,3-7,14H2,1-2H3. The Balaban J connectivity index is 1.89. The molecule has 2 aromatic rings. The lowest BCUT2D eigenvalue weighted by atomic mass is 10.1. The van der Waals surface area contributed by atoms with Gasteiger partial charge in [-0.1, -0.05) is 32.0 Å². The summed E-state index contributed by atoms with van der Waals surface area (Å²) in [5.41, 5.74) is 1.91. The van der Waals surface area contributed by atoms with Crippen LogP contribution in [0.3, 0.4) is 0 Å². The molecule has 0 fully saturated rings. The van der Waals surface area contributed by atoms with Gasteiger partial charge >= 0.3 is 6.18 Å². The molecule has 0 atom stereocenters. The molecule has 0 bridgehead atoms. The molecular weight excluding hydrogens is 325 g/mol. The molecule has 0 N–H and O–H groups in total. The Labute approximate surface area is 147 Å². The number of hydrogen-bond donors (Lipinski definition) is 0. The van der Waals surface area contributed by atoms with Gasteiger partial charge in [0.25, 0.3) is 0 Å². The van der Waals surface area contributed by atoms with E-state index in [0.29, 0.717) is 11.3 Å². The molecule has 0 aliphatic carbocycles. The number of nitrogens with zero attached hydrogens (tertiary/aromatic N) is 2. The Bertz CT molecular complexity index is 629. The molecule has 1 aromatic carbocycles. The van der Waals surface area contributed by atoms with Crippen LogP contribution in [0.25, 0.3) is 11.3 Å². The minimum atomic E-state index is -4.30. The molecule has 1 heterocycles. The van der Waals surface area contributed by atoms with Crippen LogP contribution in [-0.2, 0) is 12.6 Å². The predicted molar refractivity (Wildman–Crippen MR) is 95.4 cm³/mol. The van der Waals surface area contributed by atoms with Gasteiger partial charge in [-0.15, -0.1) is 0 Å². The zero-order valence-corrected chi connectivity index (χ0v) is 14.8. The van der Waals surface area contributed by atoms with E-state index in [1.54, 1.807) is 0 Å². The van der Waals surface area contributed by atoms with Crippen molar-refractivity contribution in [2.24, 2.45) is 0 Å². The first kappa shape index (κ1) is 19.4. The molecule has 0 radical (unpaired) electrons. The highest BCUT2D eigenvalue weighted by atomic mass is 19.4. The van der Waals surface area contributed by atoms with Gasteiger partial charge in [-0.05, 0) is 62.7 Å². The highest BCUT2D eigenvalue weighted by molar-refractivity contribution is 5.59. The molecule has 136 valence electrons. The maximum atomic E-state index is 12.6. The van der Waals surface area contributed by atoms with Crippen LogP contribution in [0, 0.1) is 0 Å². The van der Waals surface area contributed by atoms with Crippen molar-refractivity contribution >= 4 is 0 Å². The van der Waals surface area contributed by atoms with Crippen molar-refractivity contribution in [2.75, 3.05) is 19.6 Å². The first-order valence-corrected chi connectivity index (χ1v) is 8.79. The average Bonchev–Trinajstić information content (AvgIpc) is 2.62. The quantitative estimate of drug-likeness (QED) is 0.590. The molecule has 0 aliphatic heterocycles. The summed E-state index contributed by atoms with van der Waals surface area (Å²) in [4.78, 5) is 6.80. The minimum Gasteiger partial charge on any atom is -0.304 e. The van der Waals surface area contributed by atoms with E-state index in [-0.39, 0.29) is 0 Å². The second-order valence-electron chi connectivity index (χ2n) is 6.11. The number of aromatic nitrogens is 1. The number of aryl methyl sites for hydroxylation is 1. The summed E-state index contributed by atoms with van der Waals surface area (Å²) >= 11 is 0. The van der Waals surface area contributed by atoms with Crippen molar-refractivity contribution in [3.63, 3.8) is 0 Å². The Kier molecular flexibility index (Phi) is 7.00. The molecule has 0 spiro atoms. The van der Waals surface area contributed by atoms with Crippen molar-refractivity contribution in [3.8, 4) is 11.3 Å². The first-order valence-electron chi connectivity index (χ1n) is 8.79. The molecule has 0 unspecified atom stereocenters. The fraction of sp³-hybridized carbons (Fsp3) is 0.450. The summed E-state index contributed by atoms with van der Waals surface area (Å²) in [5.74, 6) is 0. The second kappa shape index (κ2) is 8.99. The lowest BCUT2D eigenvalue weighted by molar-refractivity contribution is -0.137. The van der Waals surface area contributed by atoms with Crippen molar-refractivity contribution in [1.29, 1.82) is 0 Å². The first-order chi connectivity index (χ1) is 11.9. The van der Waals surface area contributed by atoms with Crippen LogP contribution in [0.15, 0.2) is 42.6 Å². The van der Waals surface area contributed by atoms with Gasteiger partial charge < -0.3 is 4.90 Å². The summed E-state index contributed by atoms with van der Waals surface area (Å²) < 4.78 is 37.8. The van der Waals surface area contributed by atoms with E-state index in [2.05, 4.69) is 23.7 Å². The third kappa shape index (κ3) is 5.85. The number of alkyl halides is 3. The van der Waals surface area contributed by atoms with Gasteiger partial charge in [-0.2, -0.15) is 13.2 Å². The summed E-state index contributed by atoms with van der Waals surface area (Å²) in [7, 11) is 0. The van der Waals surface area contributed by atoms with E-state index in [9.17, 15) is 13.2 Å². The highest BCUT2D eigenvalue weighted by Gasteiger charge is 2.29. The predicted octanol–water partition coefficient (Wildman–Crippen LogP) is 5.43. The summed E-state index contributed by atoms with van der Waals surface area (Å²) in [5, 5.41) is 0. The second-order valence-corrected chi connectivity index (χ2v) is 6.11. The molecule has 2 rings (SSSR count). The van der Waals surface area contributed by atoms with Crippen molar-refractivity contribution in [2.45, 2.75) is 39.3 Å². The van der Waals surface area contributed by atoms with Crippen LogP contribution >= 0.6 is 0 Å². The summed E-state index contributed by atoms with van der Waals surface area (Å²) in [6, 6.07) is 9.01. The van der Waals surface area contributed by atoms with Crippen molar-refractivity contribution < 1.29 is 13.2 Å². The van der Waals surface area contributed by atoms with E-state index < -0.39 is 11.7 Å². The normalized spacial score (nSPS) is 11.9. The van der Waals surface area contributed by atoms with Crippen LogP contribution < -0.4 is 0 Å². The average molecular weight is 350 g/mol. The van der Waals surface area contributed by atoms with E-state index in [1.165, 1.54) is 12.1 Å². The van der Waals surface area contributed by atoms with Gasteiger partial charge in [0.1, 0.15) is 0 Å². The van der Waals surface area contributed by atoms with E-state index in [1.807, 2.05) is 18.3 Å². The molecule has 0 aliphatic rings. The van der Waals surface area contributed by atoms with Crippen LogP contribution in [0.5, 0.6) is 0 Å². The van der Waals surface area contributed by atoms with Gasteiger partial charge in [-0.3, -0.25) is 4.98 Å². The minimum absolute atomic E-state index is 0.638. The fourth-order valence-electron chi connectivity index (χ4n) is 2.78. The van der Waals surface area contributed by atoms with Crippen LogP contribution in [0.1, 0.15) is 37.8 Å². The van der Waals surface area contributed by atoms with Gasteiger partial charge in [-0.25, -0.2) is 0 Å². The molecule has 0 amide bonds. The number of benzene rings is 1. The lowest BCUT2D eigenvalue weighted by Crippen LogP contribution is -2.23. The maximum absolute atomic E-state index is 12.6. The Morgan fingerprint density at radius 2 is 1.60 bits per heavy atom. The van der Waals surface area contributed by atoms with Crippen LogP contribution in [0.2, 0.25) is 0 Å². The lowest BCUT2D eigenvalue weighted by Gasteiger charge is -2.17. The monoisotopic (exact) mass is 350 g/mol. The van der Waals surface area contributed by atoms with Crippen molar-refractivity contribution in [1.82, 2.24) is 9.88 Å². The number of unbranched alkanes of at least 4 members (excludes halogenated alkanes) is 1. The highest BCUT2D eigenvalue weighted by Crippen LogP contribution is 2.30. The van der Waals surface area contributed by atoms with E-state index in [4.69, 9.17) is 0 Å². The Hall–Kier alpha value is -1.88. The molecule has 5 heteroatoms. The third-order valence-corrected chi connectivity index (χ3v) is 4.42. The van der Waals surface area contributed by atoms with E-state index in [0.717, 1.165) is 56.6 Å². The maximum Gasteiger partial charge on any atom is 0.416 e. The van der Waals surface area contributed by atoms with Gasteiger partial charge in [0.05, 0.1) is 11.3 Å². The third-order valence-electron chi connectivity index (χ3n) is 4.42. The number of hydrogen-bond acceptors (Lipinski definition) is 2. The summed E-state index contributed by atoms with van der Waals surface area (Å²) in [6.07, 6.45) is 0.757. The molecular formula is C20H25F3N2. The fourth-order valence-corrected chi connectivity index (χ4v) is 2.78. The molecule has 2 nitrogen and oxygen atoms in total. The van der Waals surface area contributed by atoms with E-state index >= 15 is 0 Å². The van der Waals surface area contributed by atoms with Gasteiger partial charge in [0.2, 0.25) is 0 Å². The molecule has 1 aromatic heterocycles. The smallest absolute Gasteiger partial charge is 0.304 e. The number of pyridine rings is 1. The molecule has 25 heavy (non-hydrogen) atoms. The summed E-state index contributed by atoms with van der Waals surface area (Å²) in [6.45, 7) is 7.63. The number of rotatable bonds is 8. The van der Waals surface area contributed by atoms with Gasteiger partial charge in [0, 0.05) is 11.8 Å². The molecule has 0 saturated carbocycles. The zero-order chi connectivity index (χ0) is 18.3. The van der Waals surface area contributed by atoms with Gasteiger partial charge in [0.15, 0.2) is 0 Å². The zero-order valence-electron chi connectivity index (χ0n) is 14.8. The molecule has 0 saturated heterocycles. The SMILES string of the molecule is CCN(CC)CCCCc1ccc(-c2ccc(C(F)(F)F)cc2)nc1. The Morgan fingerprint density at radius 3 is 2.12 bits per heavy atom. The van der Waals surface area contributed by atoms with Crippen molar-refractivity contribution in [3.05, 3.63) is 53.7 Å². The number of halogens is 3. The van der Waals surface area contributed by atoms with Crippen LogP contribution in [-0.4, -0.2) is 29.5 Å². The topological polar surface area (TPSA) is 16.1 Å². The van der Waals surface area contributed by atoms with Crippen LogP contribution in [0.4, 0.5) is 13.2 Å². The Morgan fingerprint density at radius 1 is 0.920 bits per heavy atom. The largest absolute Gasteiger partial charge is 0.416 e.